The topological polar surface area (TPSA) is 58.6 Å². The highest BCUT2D eigenvalue weighted by Crippen LogP contribution is 2.25. The van der Waals surface area contributed by atoms with Crippen LogP contribution in [0.4, 0.5) is 0 Å². The number of hydrogen-bond donors (Lipinski definition) is 2. The lowest BCUT2D eigenvalue weighted by molar-refractivity contribution is -0.146. The monoisotopic (exact) mass is 271 g/mol. The highest BCUT2D eigenvalue weighted by atomic mass is 16.5. The molecule has 19 heavy (non-hydrogen) atoms. The molecule has 0 aliphatic heterocycles. The summed E-state index contributed by atoms with van der Waals surface area (Å²) in [6.45, 7) is 6.66. The fraction of sp³-hybridized carbons (Fsp3) is 0.933. The van der Waals surface area contributed by atoms with Crippen molar-refractivity contribution in [2.45, 2.75) is 83.4 Å². The van der Waals surface area contributed by atoms with E-state index in [1.807, 2.05) is 6.92 Å². The molecule has 1 aliphatic carbocycles. The number of aliphatic carboxylic acids is 1. The van der Waals surface area contributed by atoms with E-state index in [-0.39, 0.29) is 6.10 Å². The highest BCUT2D eigenvalue weighted by molar-refractivity contribution is 5.78. The summed E-state index contributed by atoms with van der Waals surface area (Å²) >= 11 is 0. The third kappa shape index (κ3) is 6.39. The number of rotatable bonds is 11. The first kappa shape index (κ1) is 16.4. The fourth-order valence-corrected chi connectivity index (χ4v) is 2.33. The molecule has 112 valence electrons. The summed E-state index contributed by atoms with van der Waals surface area (Å²) in [6.07, 6.45) is 7.41. The van der Waals surface area contributed by atoms with Gasteiger partial charge in [-0.3, -0.25) is 10.1 Å². The Morgan fingerprint density at radius 2 is 2.11 bits per heavy atom. The summed E-state index contributed by atoms with van der Waals surface area (Å²) < 4.78 is 5.73. The van der Waals surface area contributed by atoms with Gasteiger partial charge in [-0.15, -0.1) is 0 Å². The first-order valence-electron chi connectivity index (χ1n) is 7.60. The lowest BCUT2D eigenvalue weighted by atomic mass is 9.94. The van der Waals surface area contributed by atoms with E-state index in [1.54, 1.807) is 6.92 Å². The van der Waals surface area contributed by atoms with E-state index in [1.165, 1.54) is 19.3 Å². The van der Waals surface area contributed by atoms with Gasteiger partial charge in [-0.05, 0) is 33.1 Å². The standard InChI is InChI=1S/C15H29NO3/c1-4-5-6-7-10-19-12(2)11-15(3,14(17)18)16-13-8-9-13/h12-13,16H,4-11H2,1-3H3,(H,17,18). The molecule has 4 nitrogen and oxygen atoms in total. The zero-order valence-corrected chi connectivity index (χ0v) is 12.6. The van der Waals surface area contributed by atoms with Crippen LogP contribution in [-0.2, 0) is 9.53 Å². The van der Waals surface area contributed by atoms with Crippen LogP contribution in [-0.4, -0.2) is 35.4 Å². The van der Waals surface area contributed by atoms with Crippen LogP contribution >= 0.6 is 0 Å². The van der Waals surface area contributed by atoms with Crippen molar-refractivity contribution in [1.29, 1.82) is 0 Å². The first-order chi connectivity index (χ1) is 8.98. The molecule has 2 N–H and O–H groups in total. The maximum Gasteiger partial charge on any atom is 0.323 e. The van der Waals surface area contributed by atoms with E-state index in [0.29, 0.717) is 12.5 Å². The minimum absolute atomic E-state index is 0.0195. The van der Waals surface area contributed by atoms with Crippen LogP contribution in [0.5, 0.6) is 0 Å². The van der Waals surface area contributed by atoms with Crippen molar-refractivity contribution < 1.29 is 14.6 Å². The number of carbonyl (C=O) groups is 1. The summed E-state index contributed by atoms with van der Waals surface area (Å²) in [5.74, 6) is -0.777. The third-order valence-electron chi connectivity index (χ3n) is 3.67. The highest BCUT2D eigenvalue weighted by Gasteiger charge is 2.39. The van der Waals surface area contributed by atoms with Gasteiger partial charge in [0, 0.05) is 19.1 Å². The molecule has 0 aromatic rings. The van der Waals surface area contributed by atoms with Crippen molar-refractivity contribution in [3.8, 4) is 0 Å². The smallest absolute Gasteiger partial charge is 0.323 e. The molecule has 1 aliphatic rings. The molecule has 0 bridgehead atoms. The number of ether oxygens (including phenoxy) is 1. The van der Waals surface area contributed by atoms with Crippen LogP contribution in [0.15, 0.2) is 0 Å². The van der Waals surface area contributed by atoms with E-state index < -0.39 is 11.5 Å². The number of unbranched alkanes of at least 4 members (excludes halogenated alkanes) is 3. The summed E-state index contributed by atoms with van der Waals surface area (Å²) in [5, 5.41) is 12.6. The fourth-order valence-electron chi connectivity index (χ4n) is 2.33. The molecule has 2 atom stereocenters. The van der Waals surface area contributed by atoms with E-state index in [4.69, 9.17) is 4.74 Å². The van der Waals surface area contributed by atoms with Gasteiger partial charge in [-0.25, -0.2) is 0 Å². The Bertz CT molecular complexity index is 279. The lowest BCUT2D eigenvalue weighted by Crippen LogP contribution is -2.52. The quantitative estimate of drug-likeness (QED) is 0.567. The Balaban J connectivity index is 2.26. The van der Waals surface area contributed by atoms with Gasteiger partial charge < -0.3 is 9.84 Å². The molecule has 1 fully saturated rings. The zero-order valence-electron chi connectivity index (χ0n) is 12.6. The number of hydrogen-bond acceptors (Lipinski definition) is 3. The molecule has 0 aromatic heterocycles. The second kappa shape index (κ2) is 7.85. The van der Waals surface area contributed by atoms with Gasteiger partial charge in [0.2, 0.25) is 0 Å². The lowest BCUT2D eigenvalue weighted by Gasteiger charge is -2.29. The molecule has 0 aromatic carbocycles. The van der Waals surface area contributed by atoms with Crippen molar-refractivity contribution in [1.82, 2.24) is 5.32 Å². The molecular weight excluding hydrogens is 242 g/mol. The number of nitrogens with one attached hydrogen (secondary N) is 1. The van der Waals surface area contributed by atoms with Gasteiger partial charge in [0.1, 0.15) is 5.54 Å². The van der Waals surface area contributed by atoms with Gasteiger partial charge in [0.05, 0.1) is 6.10 Å². The third-order valence-corrected chi connectivity index (χ3v) is 3.67. The Morgan fingerprint density at radius 1 is 1.42 bits per heavy atom. The van der Waals surface area contributed by atoms with Gasteiger partial charge in [-0.2, -0.15) is 0 Å². The normalized spacial score (nSPS) is 19.9. The summed E-state index contributed by atoms with van der Waals surface area (Å²) in [4.78, 5) is 11.4. The number of carboxylic acids is 1. The van der Waals surface area contributed by atoms with E-state index in [2.05, 4.69) is 12.2 Å². The molecule has 1 rings (SSSR count). The average molecular weight is 271 g/mol. The predicted molar refractivity (Wildman–Crippen MR) is 76.4 cm³/mol. The Hall–Kier alpha value is -0.610. The molecule has 0 spiro atoms. The van der Waals surface area contributed by atoms with Crippen LogP contribution in [0.25, 0.3) is 0 Å². The molecule has 0 radical (unpaired) electrons. The Kier molecular flexibility index (Phi) is 6.80. The van der Waals surface area contributed by atoms with E-state index in [9.17, 15) is 9.90 Å². The molecular formula is C15H29NO3. The van der Waals surface area contributed by atoms with Crippen LogP contribution in [0.3, 0.4) is 0 Å². The van der Waals surface area contributed by atoms with Crippen molar-refractivity contribution in [3.63, 3.8) is 0 Å². The second-order valence-corrected chi connectivity index (χ2v) is 6.00. The summed E-state index contributed by atoms with van der Waals surface area (Å²) in [7, 11) is 0. The van der Waals surface area contributed by atoms with Gasteiger partial charge in [-0.1, -0.05) is 26.2 Å². The predicted octanol–water partition coefficient (Wildman–Crippen LogP) is 2.96. The Labute approximate surface area is 116 Å². The summed E-state index contributed by atoms with van der Waals surface area (Å²) in [5.41, 5.74) is -0.857. The molecule has 0 amide bonds. The first-order valence-corrected chi connectivity index (χ1v) is 7.60. The van der Waals surface area contributed by atoms with Gasteiger partial charge >= 0.3 is 5.97 Å². The van der Waals surface area contributed by atoms with Crippen LogP contribution in [0.2, 0.25) is 0 Å². The van der Waals surface area contributed by atoms with E-state index >= 15 is 0 Å². The SMILES string of the molecule is CCCCCCOC(C)CC(C)(NC1CC1)C(=O)O. The van der Waals surface area contributed by atoms with Crippen molar-refractivity contribution in [3.05, 3.63) is 0 Å². The molecule has 0 heterocycles. The molecule has 2 unspecified atom stereocenters. The average Bonchev–Trinajstić information content (AvgIpc) is 3.12. The minimum atomic E-state index is -0.857. The van der Waals surface area contributed by atoms with Gasteiger partial charge in [0.15, 0.2) is 0 Å². The largest absolute Gasteiger partial charge is 0.480 e. The maximum atomic E-state index is 11.4. The van der Waals surface area contributed by atoms with Crippen LogP contribution in [0.1, 0.15) is 65.7 Å². The molecule has 1 saturated carbocycles. The summed E-state index contributed by atoms with van der Waals surface area (Å²) in [6, 6.07) is 0.387. The molecule has 0 saturated heterocycles. The Morgan fingerprint density at radius 3 is 2.63 bits per heavy atom. The van der Waals surface area contributed by atoms with Crippen molar-refractivity contribution >= 4 is 5.97 Å². The maximum absolute atomic E-state index is 11.4. The molecule has 4 heteroatoms. The van der Waals surface area contributed by atoms with Crippen LogP contribution in [0, 0.1) is 0 Å². The second-order valence-electron chi connectivity index (χ2n) is 6.00. The van der Waals surface area contributed by atoms with Crippen LogP contribution < -0.4 is 5.32 Å². The minimum Gasteiger partial charge on any atom is -0.480 e. The van der Waals surface area contributed by atoms with Gasteiger partial charge in [0.25, 0.3) is 0 Å². The van der Waals surface area contributed by atoms with Crippen molar-refractivity contribution in [2.24, 2.45) is 0 Å². The van der Waals surface area contributed by atoms with E-state index in [0.717, 1.165) is 25.9 Å². The zero-order chi connectivity index (χ0) is 14.3. The number of carboxylic acid groups (broad SMARTS) is 1. The van der Waals surface area contributed by atoms with Crippen molar-refractivity contribution in [2.75, 3.05) is 6.61 Å².